The fourth-order valence-electron chi connectivity index (χ4n) is 2.58. The van der Waals surface area contributed by atoms with Crippen LogP contribution in [0.15, 0.2) is 53.0 Å². The maximum atomic E-state index is 12.5. The van der Waals surface area contributed by atoms with Gasteiger partial charge in [0.05, 0.1) is 18.0 Å². The average Bonchev–Trinajstić information content (AvgIpc) is 2.59. The third kappa shape index (κ3) is 5.32. The van der Waals surface area contributed by atoms with Gasteiger partial charge in [-0.1, -0.05) is 43.3 Å². The number of para-hydroxylation sites is 1. The number of benzene rings is 2. The van der Waals surface area contributed by atoms with Gasteiger partial charge in [0.1, 0.15) is 6.54 Å². The molecular formula is C19H23BrN2O3S. The normalized spacial score (nSPS) is 12.5. The van der Waals surface area contributed by atoms with Gasteiger partial charge in [-0.3, -0.25) is 9.10 Å². The molecule has 0 bridgehead atoms. The quantitative estimate of drug-likeness (QED) is 0.716. The van der Waals surface area contributed by atoms with Gasteiger partial charge in [0.25, 0.3) is 0 Å². The van der Waals surface area contributed by atoms with Crippen LogP contribution in [0.1, 0.15) is 31.0 Å². The van der Waals surface area contributed by atoms with Gasteiger partial charge in [0.2, 0.25) is 15.9 Å². The van der Waals surface area contributed by atoms with E-state index in [0.717, 1.165) is 22.5 Å². The largest absolute Gasteiger partial charge is 0.348 e. The van der Waals surface area contributed by atoms with Gasteiger partial charge >= 0.3 is 0 Å². The average molecular weight is 439 g/mol. The SMILES string of the molecule is CCc1ccc([C@@H](C)NC(=O)CN(c2ccccc2Br)S(C)(=O)=O)cc1. The number of nitrogens with one attached hydrogen (secondary N) is 1. The van der Waals surface area contributed by atoms with E-state index >= 15 is 0 Å². The van der Waals surface area contributed by atoms with Crippen LogP contribution in [-0.2, 0) is 21.2 Å². The predicted molar refractivity (Wildman–Crippen MR) is 109 cm³/mol. The fourth-order valence-corrected chi connectivity index (χ4v) is 4.06. The molecule has 1 amide bonds. The Morgan fingerprint density at radius 2 is 1.77 bits per heavy atom. The Kier molecular flexibility index (Phi) is 6.83. The highest BCUT2D eigenvalue weighted by Crippen LogP contribution is 2.27. The van der Waals surface area contributed by atoms with Crippen molar-refractivity contribution >= 4 is 37.5 Å². The molecule has 2 aromatic rings. The van der Waals surface area contributed by atoms with Crippen LogP contribution in [-0.4, -0.2) is 27.1 Å². The second kappa shape index (κ2) is 8.68. The Labute approximate surface area is 163 Å². The van der Waals surface area contributed by atoms with Crippen molar-refractivity contribution in [2.75, 3.05) is 17.1 Å². The number of hydrogen-bond donors (Lipinski definition) is 1. The molecule has 0 saturated carbocycles. The maximum absolute atomic E-state index is 12.5. The lowest BCUT2D eigenvalue weighted by Crippen LogP contribution is -2.41. The molecule has 0 aliphatic rings. The van der Waals surface area contributed by atoms with Crippen LogP contribution in [0.3, 0.4) is 0 Å². The lowest BCUT2D eigenvalue weighted by molar-refractivity contribution is -0.120. The second-order valence-corrected chi connectivity index (χ2v) is 8.87. The molecule has 1 N–H and O–H groups in total. The molecule has 0 unspecified atom stereocenters. The summed E-state index contributed by atoms with van der Waals surface area (Å²) < 4.78 is 26.1. The van der Waals surface area contributed by atoms with Gasteiger partial charge < -0.3 is 5.32 Å². The summed E-state index contributed by atoms with van der Waals surface area (Å²) in [5.41, 5.74) is 2.64. The van der Waals surface area contributed by atoms with Crippen LogP contribution in [0.25, 0.3) is 0 Å². The molecule has 0 aromatic heterocycles. The first-order valence-corrected chi connectivity index (χ1v) is 11.0. The van der Waals surface area contributed by atoms with E-state index in [2.05, 4.69) is 28.2 Å². The number of aryl methyl sites for hydroxylation is 1. The van der Waals surface area contributed by atoms with Gasteiger partial charge in [0, 0.05) is 4.47 Å². The van der Waals surface area contributed by atoms with E-state index in [4.69, 9.17) is 0 Å². The van der Waals surface area contributed by atoms with Crippen LogP contribution < -0.4 is 9.62 Å². The number of nitrogens with zero attached hydrogens (tertiary/aromatic N) is 1. The fraction of sp³-hybridized carbons (Fsp3) is 0.316. The highest BCUT2D eigenvalue weighted by atomic mass is 79.9. The monoisotopic (exact) mass is 438 g/mol. The summed E-state index contributed by atoms with van der Waals surface area (Å²) in [6, 6.07) is 14.7. The minimum atomic E-state index is -3.60. The number of anilines is 1. The van der Waals surface area contributed by atoms with Crippen molar-refractivity contribution < 1.29 is 13.2 Å². The molecule has 2 rings (SSSR count). The van der Waals surface area contributed by atoms with Crippen LogP contribution >= 0.6 is 15.9 Å². The Morgan fingerprint density at radius 1 is 1.15 bits per heavy atom. The molecule has 140 valence electrons. The van der Waals surface area contributed by atoms with Crippen molar-refractivity contribution in [2.45, 2.75) is 26.3 Å². The first-order valence-electron chi connectivity index (χ1n) is 8.32. The maximum Gasteiger partial charge on any atom is 0.241 e. The van der Waals surface area contributed by atoms with E-state index in [1.54, 1.807) is 24.3 Å². The minimum Gasteiger partial charge on any atom is -0.348 e. The summed E-state index contributed by atoms with van der Waals surface area (Å²) in [6.07, 6.45) is 2.04. The topological polar surface area (TPSA) is 66.5 Å². The highest BCUT2D eigenvalue weighted by Gasteiger charge is 2.23. The van der Waals surface area contributed by atoms with Crippen LogP contribution in [0, 0.1) is 0 Å². The molecule has 0 aliphatic heterocycles. The van der Waals surface area contributed by atoms with E-state index in [0.29, 0.717) is 10.2 Å². The third-order valence-corrected chi connectivity index (χ3v) is 5.87. The summed E-state index contributed by atoms with van der Waals surface area (Å²) in [5.74, 6) is -0.363. The summed E-state index contributed by atoms with van der Waals surface area (Å²) in [5, 5.41) is 2.87. The molecule has 5 nitrogen and oxygen atoms in total. The Bertz CT molecular complexity index is 867. The minimum absolute atomic E-state index is 0.214. The Morgan fingerprint density at radius 3 is 2.31 bits per heavy atom. The van der Waals surface area contributed by atoms with E-state index in [-0.39, 0.29) is 18.5 Å². The molecule has 2 aromatic carbocycles. The number of rotatable bonds is 7. The van der Waals surface area contributed by atoms with E-state index in [1.165, 1.54) is 5.56 Å². The zero-order valence-electron chi connectivity index (χ0n) is 15.1. The summed E-state index contributed by atoms with van der Waals surface area (Å²) in [4.78, 5) is 12.5. The molecule has 0 spiro atoms. The van der Waals surface area contributed by atoms with E-state index < -0.39 is 10.0 Å². The molecular weight excluding hydrogens is 416 g/mol. The number of carbonyl (C=O) groups excluding carboxylic acids is 1. The Balaban J connectivity index is 2.13. The Hall–Kier alpha value is -1.86. The molecule has 0 fully saturated rings. The lowest BCUT2D eigenvalue weighted by atomic mass is 10.1. The van der Waals surface area contributed by atoms with Crippen molar-refractivity contribution in [3.63, 3.8) is 0 Å². The van der Waals surface area contributed by atoms with Crippen molar-refractivity contribution in [3.05, 3.63) is 64.1 Å². The van der Waals surface area contributed by atoms with Gasteiger partial charge in [-0.2, -0.15) is 0 Å². The van der Waals surface area contributed by atoms with Crippen LogP contribution in [0.5, 0.6) is 0 Å². The van der Waals surface area contributed by atoms with E-state index in [9.17, 15) is 13.2 Å². The second-order valence-electron chi connectivity index (χ2n) is 6.11. The van der Waals surface area contributed by atoms with Crippen molar-refractivity contribution in [3.8, 4) is 0 Å². The van der Waals surface area contributed by atoms with Crippen LogP contribution in [0.2, 0.25) is 0 Å². The van der Waals surface area contributed by atoms with Crippen molar-refractivity contribution in [1.29, 1.82) is 0 Å². The standard InChI is InChI=1S/C19H23BrN2O3S/c1-4-15-9-11-16(12-10-15)14(2)21-19(23)13-22(26(3,24)25)18-8-6-5-7-17(18)20/h5-12,14H,4,13H2,1-3H3,(H,21,23)/t14-/m1/s1. The number of carbonyl (C=O) groups is 1. The molecule has 0 radical (unpaired) electrons. The summed E-state index contributed by atoms with van der Waals surface area (Å²) >= 11 is 3.34. The van der Waals surface area contributed by atoms with Crippen LogP contribution in [0.4, 0.5) is 5.69 Å². The first-order chi connectivity index (χ1) is 12.2. The molecule has 7 heteroatoms. The molecule has 0 saturated heterocycles. The van der Waals surface area contributed by atoms with Gasteiger partial charge in [-0.05, 0) is 52.5 Å². The predicted octanol–water partition coefficient (Wildman–Crippen LogP) is 3.65. The van der Waals surface area contributed by atoms with Gasteiger partial charge in [0.15, 0.2) is 0 Å². The number of hydrogen-bond acceptors (Lipinski definition) is 3. The zero-order chi connectivity index (χ0) is 19.3. The van der Waals surface area contributed by atoms with Gasteiger partial charge in [-0.25, -0.2) is 8.42 Å². The van der Waals surface area contributed by atoms with Crippen molar-refractivity contribution in [1.82, 2.24) is 5.32 Å². The third-order valence-electron chi connectivity index (χ3n) is 4.07. The van der Waals surface area contributed by atoms with E-state index in [1.807, 2.05) is 31.2 Å². The molecule has 0 aliphatic carbocycles. The lowest BCUT2D eigenvalue weighted by Gasteiger charge is -2.24. The zero-order valence-corrected chi connectivity index (χ0v) is 17.5. The summed E-state index contributed by atoms with van der Waals surface area (Å²) in [6.45, 7) is 3.68. The molecule has 0 heterocycles. The summed E-state index contributed by atoms with van der Waals surface area (Å²) in [7, 11) is -3.60. The molecule has 1 atom stereocenters. The van der Waals surface area contributed by atoms with Gasteiger partial charge in [-0.15, -0.1) is 0 Å². The smallest absolute Gasteiger partial charge is 0.241 e. The number of halogens is 1. The molecule has 26 heavy (non-hydrogen) atoms. The van der Waals surface area contributed by atoms with Crippen molar-refractivity contribution in [2.24, 2.45) is 0 Å². The first kappa shape index (κ1) is 20.5. The number of amides is 1. The highest BCUT2D eigenvalue weighted by molar-refractivity contribution is 9.10. The number of sulfonamides is 1.